The van der Waals surface area contributed by atoms with Crippen LogP contribution in [0.25, 0.3) is 0 Å². The number of nitrogens with zero attached hydrogens (tertiary/aromatic N) is 3. The molecular weight excluding hydrogens is 176 g/mol. The van der Waals surface area contributed by atoms with Gasteiger partial charge in [-0.1, -0.05) is 0 Å². The van der Waals surface area contributed by atoms with Crippen LogP contribution in [-0.2, 0) is 0 Å². The van der Waals surface area contributed by atoms with Crippen LogP contribution in [0.3, 0.4) is 0 Å². The topological polar surface area (TPSA) is 42.7 Å². The number of piperidine rings is 1. The molecule has 4 nitrogen and oxygen atoms in total. The number of nitrogens with one attached hydrogen (secondary N) is 1. The lowest BCUT2D eigenvalue weighted by atomic mass is 9.97. The van der Waals surface area contributed by atoms with E-state index in [2.05, 4.69) is 20.1 Å². The first kappa shape index (κ1) is 8.41. The van der Waals surface area contributed by atoms with Gasteiger partial charge in [-0.3, -0.25) is 0 Å². The van der Waals surface area contributed by atoms with E-state index in [1.54, 1.807) is 0 Å². The molecule has 4 heteroatoms. The zero-order valence-electron chi connectivity index (χ0n) is 8.32. The third-order valence-electron chi connectivity index (χ3n) is 3.25. The van der Waals surface area contributed by atoms with Crippen LogP contribution in [0.4, 0.5) is 0 Å². The summed E-state index contributed by atoms with van der Waals surface area (Å²) < 4.78 is 2.30. The van der Waals surface area contributed by atoms with Gasteiger partial charge in [-0.15, -0.1) is 10.2 Å². The van der Waals surface area contributed by atoms with E-state index in [1.165, 1.54) is 31.5 Å². The monoisotopic (exact) mass is 192 g/mol. The molecule has 0 spiro atoms. The molecule has 2 heterocycles. The Kier molecular flexibility index (Phi) is 2.01. The highest BCUT2D eigenvalue weighted by Gasteiger charge is 2.29. The summed E-state index contributed by atoms with van der Waals surface area (Å²) in [6, 6.07) is 0.717. The molecule has 0 atom stereocenters. The number of hydrogen-bond acceptors (Lipinski definition) is 3. The molecule has 0 aromatic carbocycles. The Morgan fingerprint density at radius 3 is 2.71 bits per heavy atom. The Labute approximate surface area is 83.7 Å². The molecule has 1 aliphatic carbocycles. The quantitative estimate of drug-likeness (QED) is 0.762. The molecule has 0 radical (unpaired) electrons. The van der Waals surface area contributed by atoms with Crippen molar-refractivity contribution in [2.24, 2.45) is 0 Å². The van der Waals surface area contributed by atoms with E-state index >= 15 is 0 Å². The Hall–Kier alpha value is -0.900. The van der Waals surface area contributed by atoms with Crippen molar-refractivity contribution in [3.8, 4) is 0 Å². The molecule has 1 aromatic heterocycles. The first-order valence-corrected chi connectivity index (χ1v) is 5.55. The molecule has 1 N–H and O–H groups in total. The second kappa shape index (κ2) is 3.35. The fourth-order valence-electron chi connectivity index (χ4n) is 2.26. The van der Waals surface area contributed by atoms with Gasteiger partial charge in [-0.25, -0.2) is 0 Å². The summed E-state index contributed by atoms with van der Waals surface area (Å²) in [5, 5.41) is 11.7. The Morgan fingerprint density at radius 1 is 1.21 bits per heavy atom. The molecule has 76 valence electrons. The van der Waals surface area contributed by atoms with Gasteiger partial charge in [0.1, 0.15) is 12.2 Å². The molecule has 2 aliphatic rings. The molecule has 0 amide bonds. The lowest BCUT2D eigenvalue weighted by Gasteiger charge is -2.22. The average Bonchev–Trinajstić information content (AvgIpc) is 2.98. The minimum absolute atomic E-state index is 0.638. The van der Waals surface area contributed by atoms with Crippen LogP contribution < -0.4 is 5.32 Å². The molecular formula is C10H16N4. The maximum absolute atomic E-state index is 4.29. The average molecular weight is 192 g/mol. The van der Waals surface area contributed by atoms with Gasteiger partial charge in [-0.2, -0.15) is 0 Å². The summed E-state index contributed by atoms with van der Waals surface area (Å²) in [5.41, 5.74) is 0. The van der Waals surface area contributed by atoms with Crippen LogP contribution in [0.2, 0.25) is 0 Å². The molecule has 14 heavy (non-hydrogen) atoms. The van der Waals surface area contributed by atoms with Crippen molar-refractivity contribution in [3.05, 3.63) is 12.2 Å². The molecule has 0 unspecified atom stereocenters. The van der Waals surface area contributed by atoms with Crippen molar-refractivity contribution >= 4 is 0 Å². The highest BCUT2D eigenvalue weighted by atomic mass is 15.3. The van der Waals surface area contributed by atoms with Crippen LogP contribution in [0.15, 0.2) is 6.33 Å². The summed E-state index contributed by atoms with van der Waals surface area (Å²) in [7, 11) is 0. The molecule has 1 aliphatic heterocycles. The molecule has 3 rings (SSSR count). The van der Waals surface area contributed by atoms with E-state index in [0.29, 0.717) is 5.92 Å². The van der Waals surface area contributed by atoms with Crippen LogP contribution in [0, 0.1) is 0 Å². The third-order valence-corrected chi connectivity index (χ3v) is 3.25. The zero-order chi connectivity index (χ0) is 9.38. The normalized spacial score (nSPS) is 24.0. The van der Waals surface area contributed by atoms with E-state index in [1.807, 2.05) is 6.33 Å². The van der Waals surface area contributed by atoms with Crippen molar-refractivity contribution in [1.82, 2.24) is 20.1 Å². The van der Waals surface area contributed by atoms with Gasteiger partial charge in [0, 0.05) is 12.0 Å². The van der Waals surface area contributed by atoms with Gasteiger partial charge < -0.3 is 9.88 Å². The van der Waals surface area contributed by atoms with Crippen molar-refractivity contribution < 1.29 is 0 Å². The predicted molar refractivity (Wildman–Crippen MR) is 53.1 cm³/mol. The van der Waals surface area contributed by atoms with E-state index in [9.17, 15) is 0 Å². The van der Waals surface area contributed by atoms with Gasteiger partial charge in [0.15, 0.2) is 0 Å². The van der Waals surface area contributed by atoms with Gasteiger partial charge in [0.05, 0.1) is 0 Å². The molecule has 1 saturated carbocycles. The third kappa shape index (κ3) is 1.43. The molecule has 1 saturated heterocycles. The van der Waals surface area contributed by atoms with Crippen LogP contribution in [0.1, 0.15) is 43.5 Å². The number of hydrogen-bond donors (Lipinski definition) is 1. The summed E-state index contributed by atoms with van der Waals surface area (Å²) >= 11 is 0. The van der Waals surface area contributed by atoms with Crippen LogP contribution in [0.5, 0.6) is 0 Å². The summed E-state index contributed by atoms with van der Waals surface area (Å²) in [5.74, 6) is 1.87. The molecule has 2 fully saturated rings. The van der Waals surface area contributed by atoms with Crippen LogP contribution in [-0.4, -0.2) is 27.9 Å². The number of aromatic nitrogens is 3. The minimum atomic E-state index is 0.638. The van der Waals surface area contributed by atoms with Crippen LogP contribution >= 0.6 is 0 Å². The second-order valence-corrected chi connectivity index (χ2v) is 4.35. The van der Waals surface area contributed by atoms with E-state index in [0.717, 1.165) is 19.1 Å². The maximum atomic E-state index is 4.29. The van der Waals surface area contributed by atoms with Crippen molar-refractivity contribution in [1.29, 1.82) is 0 Å². The highest BCUT2D eigenvalue weighted by Crippen LogP contribution is 2.37. The first-order valence-electron chi connectivity index (χ1n) is 5.55. The Morgan fingerprint density at radius 2 is 2.00 bits per heavy atom. The Balaban J connectivity index is 1.82. The fourth-order valence-corrected chi connectivity index (χ4v) is 2.26. The largest absolute Gasteiger partial charge is 0.317 e. The number of rotatable bonds is 2. The lowest BCUT2D eigenvalue weighted by molar-refractivity contribution is 0.430. The van der Waals surface area contributed by atoms with Gasteiger partial charge >= 0.3 is 0 Å². The lowest BCUT2D eigenvalue weighted by Crippen LogP contribution is -2.28. The van der Waals surface area contributed by atoms with E-state index < -0.39 is 0 Å². The second-order valence-electron chi connectivity index (χ2n) is 4.35. The molecule has 0 bridgehead atoms. The SMILES string of the molecule is c1nnc(C2CCNCC2)n1C1CC1. The summed E-state index contributed by atoms with van der Waals surface area (Å²) in [6.07, 6.45) is 6.97. The highest BCUT2D eigenvalue weighted by molar-refractivity contribution is 5.02. The Bertz CT molecular complexity index is 310. The standard InChI is InChI=1S/C10H16N4/c1-2-9(1)14-7-12-13-10(14)8-3-5-11-6-4-8/h7-9,11H,1-6H2. The van der Waals surface area contributed by atoms with E-state index in [-0.39, 0.29) is 0 Å². The fraction of sp³-hybridized carbons (Fsp3) is 0.800. The van der Waals surface area contributed by atoms with Crippen molar-refractivity contribution in [3.63, 3.8) is 0 Å². The predicted octanol–water partition coefficient (Wildman–Crippen LogP) is 1.08. The minimum Gasteiger partial charge on any atom is -0.317 e. The zero-order valence-corrected chi connectivity index (χ0v) is 8.32. The maximum Gasteiger partial charge on any atom is 0.136 e. The van der Waals surface area contributed by atoms with Crippen molar-refractivity contribution in [2.75, 3.05) is 13.1 Å². The van der Waals surface area contributed by atoms with Gasteiger partial charge in [0.2, 0.25) is 0 Å². The van der Waals surface area contributed by atoms with Crippen molar-refractivity contribution in [2.45, 2.75) is 37.6 Å². The van der Waals surface area contributed by atoms with Gasteiger partial charge in [-0.05, 0) is 38.8 Å². The summed E-state index contributed by atoms with van der Waals surface area (Å²) in [4.78, 5) is 0. The molecule has 1 aromatic rings. The smallest absolute Gasteiger partial charge is 0.136 e. The van der Waals surface area contributed by atoms with Gasteiger partial charge in [0.25, 0.3) is 0 Å². The summed E-state index contributed by atoms with van der Waals surface area (Å²) in [6.45, 7) is 2.25. The first-order chi connectivity index (χ1) is 6.95. The van der Waals surface area contributed by atoms with E-state index in [4.69, 9.17) is 0 Å².